The van der Waals surface area contributed by atoms with E-state index in [1.807, 2.05) is 91.0 Å². The molecule has 0 aliphatic carbocycles. The molecule has 12 heterocycles. The number of primary amides is 1. The van der Waals surface area contributed by atoms with Crippen molar-refractivity contribution in [3.8, 4) is 104 Å². The molecule has 9 N–H and O–H groups in total. The average Bonchev–Trinajstić information content (AvgIpc) is 1.63. The number of carboxylic acid groups (broad SMARTS) is 1. The molecule has 0 fully saturated rings. The maximum atomic E-state index is 12.6. The number of aromatic carboxylic acids is 1. The number of nitrogens with two attached hydrogens (primary N) is 2. The van der Waals surface area contributed by atoms with Crippen molar-refractivity contribution < 1.29 is 43.4 Å². The average molecular weight is 2090 g/mol. The highest BCUT2D eigenvalue weighted by molar-refractivity contribution is 7.20. The van der Waals surface area contributed by atoms with Gasteiger partial charge >= 0.3 is 11.9 Å². The Morgan fingerprint density at radius 3 is 0.979 bits per heavy atom. The maximum absolute atomic E-state index is 12.6. The summed E-state index contributed by atoms with van der Waals surface area (Å²) in [5.74, 6) is -0.257. The zero-order chi connectivity index (χ0) is 102. The number of nitrogens with one attached hydrogen (secondary N) is 4. The van der Waals surface area contributed by atoms with Gasteiger partial charge in [-0.05, 0) is 214 Å². The summed E-state index contributed by atoms with van der Waals surface area (Å²) in [7, 11) is 0. The van der Waals surface area contributed by atoms with E-state index in [1.54, 1.807) is 123 Å². The van der Waals surface area contributed by atoms with Gasteiger partial charge in [-0.25, -0.2) is 34.5 Å². The van der Waals surface area contributed by atoms with Crippen LogP contribution in [0.1, 0.15) is 158 Å². The van der Waals surface area contributed by atoms with E-state index in [4.69, 9.17) is 74.2 Å². The summed E-state index contributed by atoms with van der Waals surface area (Å²) in [6.45, 7) is 7.76. The number of nitriles is 5. The lowest BCUT2D eigenvalue weighted by atomic mass is 9.98. The van der Waals surface area contributed by atoms with Crippen molar-refractivity contribution in [2.75, 3.05) is 23.0 Å². The zero-order valence-electron chi connectivity index (χ0n) is 76.1. The van der Waals surface area contributed by atoms with Gasteiger partial charge in [0.15, 0.2) is 11.6 Å². The fourth-order valence-corrected chi connectivity index (χ4v) is 21.2. The number of aromatic nitrogens is 11. The molecule has 0 saturated heterocycles. The number of halogens is 5. The Kier molecular flexibility index (Phi) is 35.9. The molecule has 0 aliphatic rings. The van der Waals surface area contributed by atoms with Crippen LogP contribution in [-0.2, 0) is 68.9 Å². The van der Waals surface area contributed by atoms with Crippen molar-refractivity contribution in [1.82, 2.24) is 55.3 Å². The van der Waals surface area contributed by atoms with E-state index in [-0.39, 0.29) is 47.7 Å². The van der Waals surface area contributed by atoms with Crippen LogP contribution in [0.5, 0.6) is 0 Å². The number of hydrogen-bond acceptors (Lipinski definition) is 28. The number of amides is 3. The fraction of sp³-hybridized carbons (Fsp3) is 0.125. The van der Waals surface area contributed by atoms with Crippen LogP contribution in [0.4, 0.5) is 17.5 Å². The number of ketones is 2. The normalized spacial score (nSPS) is 10.5. The maximum Gasteiger partial charge on any atom is 0.348 e. The van der Waals surface area contributed by atoms with Gasteiger partial charge in [0.05, 0.1) is 73.4 Å². The number of thiophene rings is 5. The number of ether oxygens (including phenoxy) is 1. The van der Waals surface area contributed by atoms with Crippen LogP contribution in [0.3, 0.4) is 0 Å². The molecule has 0 radical (unpaired) electrons. The molecule has 0 saturated carbocycles. The highest BCUT2D eigenvalue weighted by Crippen LogP contribution is 2.47. The second-order valence-corrected chi connectivity index (χ2v) is 38.5. The van der Waals surface area contributed by atoms with Crippen LogP contribution in [0.25, 0.3) is 73.6 Å². The third-order valence-electron chi connectivity index (χ3n) is 20.9. The van der Waals surface area contributed by atoms with Gasteiger partial charge in [-0.3, -0.25) is 44.1 Å². The number of nitrogen functional groups attached to an aromatic ring is 1. The first-order valence-electron chi connectivity index (χ1n) is 42.9. The van der Waals surface area contributed by atoms with Gasteiger partial charge in [-0.2, -0.15) is 36.5 Å². The Hall–Kier alpha value is -16.0. The lowest BCUT2D eigenvalue weighted by Crippen LogP contribution is -2.11. The molecule has 143 heavy (non-hydrogen) atoms. The van der Waals surface area contributed by atoms with Crippen LogP contribution in [0.2, 0.25) is 25.1 Å². The Balaban J connectivity index is 0.000000150. The van der Waals surface area contributed by atoms with Crippen molar-refractivity contribution >= 4 is 173 Å². The topological polar surface area (TPSA) is 492 Å². The van der Waals surface area contributed by atoms with E-state index < -0.39 is 17.8 Å². The summed E-state index contributed by atoms with van der Waals surface area (Å²) in [5.41, 5.74) is 27.0. The van der Waals surface area contributed by atoms with Gasteiger partial charge in [-0.15, -0.1) is 56.7 Å². The molecule has 0 bridgehead atoms. The van der Waals surface area contributed by atoms with Gasteiger partial charge in [-0.1, -0.05) is 119 Å². The summed E-state index contributed by atoms with van der Waals surface area (Å²) < 4.78 is 5.22. The third kappa shape index (κ3) is 27.2. The number of aromatic amines is 2. The molecule has 17 aromatic rings. The number of nitrogens with zero attached hydrogens (tertiary/aromatic N) is 14. The highest BCUT2D eigenvalue weighted by atomic mass is 35.5. The minimum absolute atomic E-state index is 0.00223. The first-order valence-corrected chi connectivity index (χ1v) is 48.9. The van der Waals surface area contributed by atoms with Crippen LogP contribution < -0.4 is 22.1 Å². The lowest BCUT2D eigenvalue weighted by Gasteiger charge is -2.06. The van der Waals surface area contributed by atoms with Gasteiger partial charge in [0.2, 0.25) is 11.8 Å². The van der Waals surface area contributed by atoms with Crippen molar-refractivity contribution in [2.45, 2.75) is 79.6 Å². The van der Waals surface area contributed by atoms with Crippen LogP contribution >= 0.6 is 115 Å². The summed E-state index contributed by atoms with van der Waals surface area (Å²) in [4.78, 5) is 117. The number of carbonyl (C=O) groups excluding carboxylic acids is 6. The molecule has 0 unspecified atom stereocenters. The van der Waals surface area contributed by atoms with Crippen molar-refractivity contribution in [3.05, 3.63) is 360 Å². The van der Waals surface area contributed by atoms with Crippen LogP contribution in [0.15, 0.2) is 226 Å². The lowest BCUT2D eigenvalue weighted by molar-refractivity contribution is -0.117. The smallest absolute Gasteiger partial charge is 0.348 e. The Morgan fingerprint density at radius 1 is 0.378 bits per heavy atom. The number of rotatable bonds is 27. The molecule has 17 rings (SSSR count). The van der Waals surface area contributed by atoms with Gasteiger partial charge in [0.25, 0.3) is 5.91 Å². The first kappa shape index (κ1) is 104. The van der Waals surface area contributed by atoms with E-state index in [0.29, 0.717) is 178 Å². The molecule has 0 aliphatic heterocycles. The molecule has 0 spiro atoms. The number of anilines is 3. The molecule has 12 aromatic heterocycles. The molecule has 3 amide bonds. The second-order valence-electron chi connectivity index (χ2n) is 31.2. The van der Waals surface area contributed by atoms with Gasteiger partial charge < -0.3 is 31.9 Å². The molecular formula is C104H77Cl5N20O9S5. The van der Waals surface area contributed by atoms with E-state index in [1.165, 1.54) is 91.9 Å². The standard InChI is InChI=1S/C22H16ClN5OS.C22H18ClN3O3S.C21H16ClN3O2S.C20H14ClN3O3S.C19H13ClN6S/c1-13(29)8-17-10-15(6-7-25-17)20-19(11-24)18(9-14-2-4-16(23)5-3-14)21(30-20)22-26-12-27-28-22;1-3-29-22(28)21-17(10-14-4-6-16(23)7-5-14)18(12-24)20(30-21)15-8-9-25-19(11-15)26-13(2)27;1-12(26)8-16-10-14(6-7-25-16)19-18(11-23)17(20(28-19)21(24)27)9-13-2-4-15(22)5-3-13;1-11(25)24-17-9-13(6-7-23-17)18-16(10-22)15(19(28-18)20(26)27)8-12-2-4-14(21)5-3-12;20-13-3-1-11(2-4-13)7-14-15(9-21)17(12-5-6-23-16(22)8-12)27-18(14)19-24-10-25-26-19/h2-7,10,12H,8-9H2,1H3,(H,26,27,28);4-9,11H,3,10H2,1-2H3,(H,25,26,27);2-7,10H,8-9H2,1H3,(H2,24,27);2-7,9H,8H2,1H3,(H,26,27)(H,23,24,25);1-6,8,10H,7H2,(H2,22,23)(H,24,25,26). The molecular weight excluding hydrogens is 2010 g/mol. The zero-order valence-corrected chi connectivity index (χ0v) is 83.9. The molecule has 39 heteroatoms. The van der Waals surface area contributed by atoms with E-state index >= 15 is 0 Å². The number of esters is 1. The van der Waals surface area contributed by atoms with E-state index in [2.05, 4.69) is 96.3 Å². The van der Waals surface area contributed by atoms with Gasteiger partial charge in [0, 0.05) is 137 Å². The molecule has 0 atom stereocenters. The van der Waals surface area contributed by atoms with Crippen molar-refractivity contribution in [2.24, 2.45) is 5.73 Å². The van der Waals surface area contributed by atoms with E-state index in [0.717, 1.165) is 86.5 Å². The van der Waals surface area contributed by atoms with Crippen molar-refractivity contribution in [1.29, 1.82) is 26.3 Å². The summed E-state index contributed by atoms with van der Waals surface area (Å²) in [6, 6.07) is 65.6. The second kappa shape index (κ2) is 49.2. The van der Waals surface area contributed by atoms with Gasteiger partial charge in [0.1, 0.15) is 81.8 Å². The minimum atomic E-state index is -1.09. The molecule has 29 nitrogen and oxygen atoms in total. The molecule has 5 aromatic carbocycles. The fourth-order valence-electron chi connectivity index (χ4n) is 14.7. The summed E-state index contributed by atoms with van der Waals surface area (Å²) in [5, 5.41) is 81.1. The largest absolute Gasteiger partial charge is 0.477 e. The quantitative estimate of drug-likeness (QED) is 0.0235. The number of carbonyl (C=O) groups is 7. The monoisotopic (exact) mass is 2080 g/mol. The van der Waals surface area contributed by atoms with Crippen molar-refractivity contribution in [3.63, 3.8) is 0 Å². The van der Waals surface area contributed by atoms with Crippen LogP contribution in [0, 0.1) is 56.7 Å². The molecule has 712 valence electrons. The Labute approximate surface area is 863 Å². The highest BCUT2D eigenvalue weighted by Gasteiger charge is 2.31. The van der Waals surface area contributed by atoms with Crippen LogP contribution in [-0.4, -0.2) is 108 Å². The SMILES string of the molecule is CC(=O)Cc1cc(-c2sc(-c3ncn[nH]3)c(Cc3ccc(Cl)cc3)c2C#N)ccn1.CC(=O)Cc1cc(-c2sc(C(N)=O)c(Cc3ccc(Cl)cc3)c2C#N)ccn1.CC(=O)Nc1cc(-c2sc(C(=O)O)c(Cc3ccc(Cl)cc3)c2C#N)ccn1.CCOC(=O)c1sc(-c2ccnc(NC(C)=O)c2)c(C#N)c1Cc1ccc(Cl)cc1.N#Cc1c(-c2ccnc(N)c2)sc(-c2ncn[nH]2)c1Cc1ccc(Cl)cc1. The predicted octanol–water partition coefficient (Wildman–Crippen LogP) is 22.9. The predicted molar refractivity (Wildman–Crippen MR) is 557 cm³/mol. The minimum Gasteiger partial charge on any atom is -0.477 e. The summed E-state index contributed by atoms with van der Waals surface area (Å²) >= 11 is 36.2. The Morgan fingerprint density at radius 2 is 0.671 bits per heavy atom. The first-order chi connectivity index (χ1) is 68.9. The third-order valence-corrected chi connectivity index (χ3v) is 28.6. The number of hydrogen-bond donors (Lipinski definition) is 7. The van der Waals surface area contributed by atoms with E-state index in [9.17, 15) is 65.0 Å². The summed E-state index contributed by atoms with van der Waals surface area (Å²) in [6.07, 6.45) is 13.5. The Bertz CT molecular complexity index is 7650. The number of pyridine rings is 5. The number of benzene rings is 5. The number of carboxylic acids is 1. The number of H-pyrrole nitrogens is 2. The number of Topliss-reactive ketones (excluding diaryl/α,β-unsaturated/α-hetero) is 2.